The number of benzene rings is 2. The summed E-state index contributed by atoms with van der Waals surface area (Å²) in [6.07, 6.45) is -0.0222. The van der Waals surface area contributed by atoms with Crippen molar-refractivity contribution in [3.05, 3.63) is 60.7 Å². The highest BCUT2D eigenvalue weighted by atomic mass is 16.5. The summed E-state index contributed by atoms with van der Waals surface area (Å²) in [5, 5.41) is 13.1. The number of nitrogens with zero attached hydrogens (tertiary/aromatic N) is 2. The van der Waals surface area contributed by atoms with Crippen molar-refractivity contribution < 1.29 is 14.6 Å². The molecule has 0 radical (unpaired) electrons. The van der Waals surface area contributed by atoms with Crippen LogP contribution < -0.4 is 10.1 Å². The van der Waals surface area contributed by atoms with Gasteiger partial charge in [0.1, 0.15) is 18.5 Å². The van der Waals surface area contributed by atoms with Crippen LogP contribution >= 0.6 is 0 Å². The summed E-state index contributed by atoms with van der Waals surface area (Å²) >= 11 is 0. The minimum atomic E-state index is -0.511. The van der Waals surface area contributed by atoms with Crippen molar-refractivity contribution in [2.75, 3.05) is 51.2 Å². The van der Waals surface area contributed by atoms with Crippen LogP contribution in [0.2, 0.25) is 0 Å². The van der Waals surface area contributed by atoms with Gasteiger partial charge in [-0.25, -0.2) is 0 Å². The monoisotopic (exact) mass is 383 g/mol. The Labute approximate surface area is 166 Å². The molecule has 1 atom stereocenters. The van der Waals surface area contributed by atoms with E-state index in [1.54, 1.807) is 0 Å². The number of para-hydroxylation sites is 2. The molecule has 3 rings (SSSR count). The summed E-state index contributed by atoms with van der Waals surface area (Å²) in [6.45, 7) is 5.26. The Morgan fingerprint density at radius 2 is 1.57 bits per heavy atom. The fourth-order valence-corrected chi connectivity index (χ4v) is 3.26. The van der Waals surface area contributed by atoms with Crippen LogP contribution in [0.15, 0.2) is 60.7 Å². The first kappa shape index (κ1) is 20.3. The summed E-state index contributed by atoms with van der Waals surface area (Å²) in [4.78, 5) is 16.6. The standard InChI is InChI=1S/C22H29N3O3/c26-20(18-28-21-9-5-2-6-10-21)17-25-15-13-24(14-16-25)12-11-22(27)23-19-7-3-1-4-8-19/h1-10,20,26H,11-18H2,(H,23,27). The molecule has 0 aliphatic carbocycles. The number of aliphatic hydroxyl groups is 1. The first-order valence-corrected chi connectivity index (χ1v) is 9.84. The van der Waals surface area contributed by atoms with Gasteiger partial charge in [0.05, 0.1) is 0 Å². The maximum Gasteiger partial charge on any atom is 0.225 e. The highest BCUT2D eigenvalue weighted by Crippen LogP contribution is 2.10. The number of carbonyl (C=O) groups is 1. The Morgan fingerprint density at radius 1 is 0.964 bits per heavy atom. The van der Waals surface area contributed by atoms with Gasteiger partial charge < -0.3 is 20.1 Å². The molecule has 0 saturated carbocycles. The predicted octanol–water partition coefficient (Wildman–Crippen LogP) is 2.07. The highest BCUT2D eigenvalue weighted by Gasteiger charge is 2.20. The molecule has 2 aromatic rings. The first-order chi connectivity index (χ1) is 13.7. The summed E-state index contributed by atoms with van der Waals surface area (Å²) in [5.41, 5.74) is 0.837. The molecule has 0 spiro atoms. The Kier molecular flexibility index (Phi) is 7.84. The number of rotatable bonds is 9. The molecule has 1 fully saturated rings. The van der Waals surface area contributed by atoms with Gasteiger partial charge in [-0.15, -0.1) is 0 Å². The van der Waals surface area contributed by atoms with Crippen molar-refractivity contribution in [2.24, 2.45) is 0 Å². The molecule has 2 aromatic carbocycles. The lowest BCUT2D eigenvalue weighted by Crippen LogP contribution is -2.49. The number of ether oxygens (including phenoxy) is 1. The van der Waals surface area contributed by atoms with Crippen molar-refractivity contribution in [1.29, 1.82) is 0 Å². The smallest absolute Gasteiger partial charge is 0.225 e. The van der Waals surface area contributed by atoms with E-state index in [4.69, 9.17) is 4.74 Å². The fraction of sp³-hybridized carbons (Fsp3) is 0.409. The van der Waals surface area contributed by atoms with Crippen LogP contribution in [-0.4, -0.2) is 72.8 Å². The molecule has 1 unspecified atom stereocenters. The van der Waals surface area contributed by atoms with Crippen LogP contribution in [0.1, 0.15) is 6.42 Å². The number of β-amino-alcohol motifs (C(OH)–C–C–N with tert-alkyl or cyclic N) is 1. The lowest BCUT2D eigenvalue weighted by molar-refractivity contribution is -0.116. The minimum Gasteiger partial charge on any atom is -0.491 e. The Balaban J connectivity index is 1.29. The van der Waals surface area contributed by atoms with E-state index >= 15 is 0 Å². The zero-order valence-electron chi connectivity index (χ0n) is 16.2. The van der Waals surface area contributed by atoms with Crippen LogP contribution in [0.5, 0.6) is 5.75 Å². The number of amides is 1. The molecule has 1 heterocycles. The molecule has 28 heavy (non-hydrogen) atoms. The molecular formula is C22H29N3O3. The molecule has 6 nitrogen and oxygen atoms in total. The third kappa shape index (κ3) is 6.96. The van der Waals surface area contributed by atoms with E-state index in [1.807, 2.05) is 60.7 Å². The molecule has 1 amide bonds. The molecule has 1 aliphatic rings. The van der Waals surface area contributed by atoms with Crippen LogP contribution in [-0.2, 0) is 4.79 Å². The van der Waals surface area contributed by atoms with Crippen molar-refractivity contribution in [3.8, 4) is 5.75 Å². The van der Waals surface area contributed by atoms with Gasteiger partial charge >= 0.3 is 0 Å². The van der Waals surface area contributed by atoms with E-state index in [-0.39, 0.29) is 5.91 Å². The van der Waals surface area contributed by atoms with E-state index in [2.05, 4.69) is 15.1 Å². The molecule has 150 valence electrons. The van der Waals surface area contributed by atoms with Crippen molar-refractivity contribution >= 4 is 11.6 Å². The number of piperazine rings is 1. The van der Waals surface area contributed by atoms with Crippen LogP contribution in [0.4, 0.5) is 5.69 Å². The quantitative estimate of drug-likeness (QED) is 0.694. The molecule has 0 aromatic heterocycles. The second kappa shape index (κ2) is 10.8. The normalized spacial score (nSPS) is 16.5. The average molecular weight is 383 g/mol. The summed E-state index contributed by atoms with van der Waals surface area (Å²) in [5.74, 6) is 0.822. The van der Waals surface area contributed by atoms with Crippen molar-refractivity contribution in [2.45, 2.75) is 12.5 Å². The molecule has 6 heteroatoms. The summed E-state index contributed by atoms with van der Waals surface area (Å²) in [7, 11) is 0. The number of hydrogen-bond donors (Lipinski definition) is 2. The van der Waals surface area contributed by atoms with Gasteiger partial charge in [-0.3, -0.25) is 9.69 Å². The van der Waals surface area contributed by atoms with Gasteiger partial charge in [-0.05, 0) is 24.3 Å². The molecule has 0 bridgehead atoms. The number of aliphatic hydroxyl groups excluding tert-OH is 1. The molecule has 1 aliphatic heterocycles. The minimum absolute atomic E-state index is 0.0436. The van der Waals surface area contributed by atoms with Crippen molar-refractivity contribution in [1.82, 2.24) is 9.80 Å². The largest absolute Gasteiger partial charge is 0.491 e. The highest BCUT2D eigenvalue weighted by molar-refractivity contribution is 5.90. The topological polar surface area (TPSA) is 65.0 Å². The lowest BCUT2D eigenvalue weighted by Gasteiger charge is -2.35. The number of anilines is 1. The van der Waals surface area contributed by atoms with E-state index in [9.17, 15) is 9.90 Å². The van der Waals surface area contributed by atoms with Crippen LogP contribution in [0, 0.1) is 0 Å². The molecule has 1 saturated heterocycles. The zero-order valence-corrected chi connectivity index (χ0v) is 16.2. The van der Waals surface area contributed by atoms with E-state index in [1.165, 1.54) is 0 Å². The Hall–Kier alpha value is -2.41. The van der Waals surface area contributed by atoms with Crippen LogP contribution in [0.3, 0.4) is 0 Å². The maximum atomic E-state index is 12.1. The Morgan fingerprint density at radius 3 is 2.25 bits per heavy atom. The lowest BCUT2D eigenvalue weighted by atomic mass is 10.2. The second-order valence-electron chi connectivity index (χ2n) is 7.08. The summed E-state index contributed by atoms with van der Waals surface area (Å²) in [6, 6.07) is 19.1. The fourth-order valence-electron chi connectivity index (χ4n) is 3.26. The predicted molar refractivity (Wildman–Crippen MR) is 111 cm³/mol. The van der Waals surface area contributed by atoms with Gasteiger partial charge in [0, 0.05) is 51.4 Å². The first-order valence-electron chi connectivity index (χ1n) is 9.84. The van der Waals surface area contributed by atoms with Gasteiger partial charge in [-0.2, -0.15) is 0 Å². The average Bonchev–Trinajstić information content (AvgIpc) is 2.73. The third-order valence-electron chi connectivity index (χ3n) is 4.83. The summed E-state index contributed by atoms with van der Waals surface area (Å²) < 4.78 is 5.61. The zero-order chi connectivity index (χ0) is 19.6. The van der Waals surface area contributed by atoms with Gasteiger partial charge in [-0.1, -0.05) is 36.4 Å². The number of carbonyl (C=O) groups excluding carboxylic acids is 1. The third-order valence-corrected chi connectivity index (χ3v) is 4.83. The van der Waals surface area contributed by atoms with Crippen LogP contribution in [0.25, 0.3) is 0 Å². The van der Waals surface area contributed by atoms with Gasteiger partial charge in [0.2, 0.25) is 5.91 Å². The number of nitrogens with one attached hydrogen (secondary N) is 1. The molecule has 2 N–H and O–H groups in total. The van der Waals surface area contributed by atoms with Gasteiger partial charge in [0.15, 0.2) is 0 Å². The number of hydrogen-bond acceptors (Lipinski definition) is 5. The van der Waals surface area contributed by atoms with Crippen molar-refractivity contribution in [3.63, 3.8) is 0 Å². The Bertz CT molecular complexity index is 703. The van der Waals surface area contributed by atoms with Gasteiger partial charge in [0.25, 0.3) is 0 Å². The van der Waals surface area contributed by atoms with E-state index < -0.39 is 6.10 Å². The van der Waals surface area contributed by atoms with E-state index in [0.717, 1.165) is 44.2 Å². The SMILES string of the molecule is O=C(CCN1CCN(CC(O)COc2ccccc2)CC1)Nc1ccccc1. The maximum absolute atomic E-state index is 12.1. The molecular weight excluding hydrogens is 354 g/mol. The second-order valence-corrected chi connectivity index (χ2v) is 7.08. The van der Waals surface area contributed by atoms with E-state index in [0.29, 0.717) is 19.6 Å².